The summed E-state index contributed by atoms with van der Waals surface area (Å²) in [6.07, 6.45) is 1.42. The molecule has 0 spiro atoms. The Morgan fingerprint density at radius 1 is 1.32 bits per heavy atom. The Balaban J connectivity index is 2.22. The predicted octanol–water partition coefficient (Wildman–Crippen LogP) is 3.15. The highest BCUT2D eigenvalue weighted by Gasteiger charge is 2.12. The monoisotopic (exact) mass is 295 g/mol. The van der Waals surface area contributed by atoms with Crippen LogP contribution in [0.5, 0.6) is 5.75 Å². The molecule has 0 atom stereocenters. The lowest BCUT2D eigenvalue weighted by Gasteiger charge is -2.06. The number of nitriles is 1. The summed E-state index contributed by atoms with van der Waals surface area (Å²) in [6, 6.07) is 6.06. The molecule has 1 aromatic carbocycles. The Morgan fingerprint density at radius 3 is 2.47 bits per heavy atom. The molecule has 0 saturated heterocycles. The van der Waals surface area contributed by atoms with Crippen molar-refractivity contribution < 1.29 is 9.90 Å². The van der Waals surface area contributed by atoms with E-state index in [4.69, 9.17) is 28.5 Å². The van der Waals surface area contributed by atoms with E-state index in [1.54, 1.807) is 0 Å². The second-order valence-corrected chi connectivity index (χ2v) is 4.47. The summed E-state index contributed by atoms with van der Waals surface area (Å²) in [5.74, 6) is -0.688. The van der Waals surface area contributed by atoms with Gasteiger partial charge in [0.2, 0.25) is 0 Å². The predicted molar refractivity (Wildman–Crippen MR) is 71.6 cm³/mol. The number of phenols is 1. The zero-order valence-corrected chi connectivity index (χ0v) is 10.9. The average Bonchev–Trinajstić information content (AvgIpc) is 2.84. The van der Waals surface area contributed by atoms with Crippen molar-refractivity contribution in [3.8, 4) is 11.8 Å². The van der Waals surface area contributed by atoms with Crippen molar-refractivity contribution in [2.24, 2.45) is 0 Å². The number of anilines is 1. The number of halogens is 2. The van der Waals surface area contributed by atoms with Gasteiger partial charge in [0, 0.05) is 11.9 Å². The Kier molecular flexibility index (Phi) is 3.65. The lowest BCUT2D eigenvalue weighted by Crippen LogP contribution is -2.12. The minimum absolute atomic E-state index is 0.0343. The van der Waals surface area contributed by atoms with Crippen LogP contribution in [0.1, 0.15) is 16.1 Å². The van der Waals surface area contributed by atoms with Crippen molar-refractivity contribution >= 4 is 34.8 Å². The minimum atomic E-state index is -0.445. The number of aromatic nitrogens is 1. The number of hydrogen-bond donors (Lipinski definition) is 3. The second-order valence-electron chi connectivity index (χ2n) is 3.66. The first-order chi connectivity index (χ1) is 9.01. The molecule has 2 aromatic rings. The molecule has 1 aromatic heterocycles. The van der Waals surface area contributed by atoms with Crippen LogP contribution in [0.4, 0.5) is 5.69 Å². The summed E-state index contributed by atoms with van der Waals surface area (Å²) < 4.78 is 0. The number of H-pyrrole nitrogens is 1. The molecule has 7 heteroatoms. The molecule has 0 unspecified atom stereocenters. The minimum Gasteiger partial charge on any atom is -0.505 e. The fourth-order valence-electron chi connectivity index (χ4n) is 1.43. The number of aromatic hydroxyl groups is 1. The number of amides is 1. The zero-order valence-electron chi connectivity index (χ0n) is 9.37. The molecule has 0 saturated carbocycles. The van der Waals surface area contributed by atoms with Gasteiger partial charge in [-0.3, -0.25) is 4.79 Å². The van der Waals surface area contributed by atoms with Crippen LogP contribution in [-0.2, 0) is 0 Å². The molecule has 1 heterocycles. The number of nitrogens with one attached hydrogen (secondary N) is 2. The van der Waals surface area contributed by atoms with Crippen molar-refractivity contribution in [3.05, 3.63) is 45.7 Å². The van der Waals surface area contributed by atoms with Crippen molar-refractivity contribution in [2.75, 3.05) is 5.32 Å². The first-order valence-electron chi connectivity index (χ1n) is 5.09. The van der Waals surface area contributed by atoms with Gasteiger partial charge in [0.25, 0.3) is 5.91 Å². The number of carbonyl (C=O) groups is 1. The maximum atomic E-state index is 11.9. The van der Waals surface area contributed by atoms with Gasteiger partial charge < -0.3 is 15.4 Å². The SMILES string of the molecule is N#Cc1c[nH]c(C(=O)Nc2cc(Cl)c(O)c(Cl)c2)c1. The number of phenolic OH excluding ortho intramolecular Hbond substituents is 1. The quantitative estimate of drug-likeness (QED) is 0.744. The highest BCUT2D eigenvalue weighted by atomic mass is 35.5. The Hall–Kier alpha value is -2.16. The fourth-order valence-corrected chi connectivity index (χ4v) is 1.91. The van der Waals surface area contributed by atoms with E-state index in [0.717, 1.165) is 0 Å². The summed E-state index contributed by atoms with van der Waals surface area (Å²) >= 11 is 11.5. The van der Waals surface area contributed by atoms with Crippen molar-refractivity contribution in [1.29, 1.82) is 5.26 Å². The maximum absolute atomic E-state index is 11.9. The smallest absolute Gasteiger partial charge is 0.272 e. The van der Waals surface area contributed by atoms with E-state index in [-0.39, 0.29) is 21.5 Å². The van der Waals surface area contributed by atoms with Gasteiger partial charge >= 0.3 is 0 Å². The van der Waals surface area contributed by atoms with Crippen LogP contribution in [0.3, 0.4) is 0 Å². The summed E-state index contributed by atoms with van der Waals surface area (Å²) in [7, 11) is 0. The highest BCUT2D eigenvalue weighted by molar-refractivity contribution is 6.37. The molecule has 0 bridgehead atoms. The first-order valence-corrected chi connectivity index (χ1v) is 5.84. The third-order valence-electron chi connectivity index (χ3n) is 2.33. The average molecular weight is 296 g/mol. The Labute approximate surface area is 118 Å². The summed E-state index contributed by atoms with van der Waals surface area (Å²) in [4.78, 5) is 14.5. The Morgan fingerprint density at radius 2 is 1.95 bits per heavy atom. The highest BCUT2D eigenvalue weighted by Crippen LogP contribution is 2.34. The van der Waals surface area contributed by atoms with Crippen molar-refractivity contribution in [1.82, 2.24) is 4.98 Å². The van der Waals surface area contributed by atoms with Gasteiger partial charge in [-0.15, -0.1) is 0 Å². The molecule has 5 nitrogen and oxygen atoms in total. The van der Waals surface area contributed by atoms with E-state index >= 15 is 0 Å². The zero-order chi connectivity index (χ0) is 14.0. The van der Waals surface area contributed by atoms with Crippen LogP contribution in [0.15, 0.2) is 24.4 Å². The lowest BCUT2D eigenvalue weighted by molar-refractivity contribution is 0.102. The molecular weight excluding hydrogens is 289 g/mol. The molecule has 2 rings (SSSR count). The number of rotatable bonds is 2. The number of carbonyl (C=O) groups excluding carboxylic acids is 1. The van der Waals surface area contributed by atoms with Crippen LogP contribution in [-0.4, -0.2) is 16.0 Å². The van der Waals surface area contributed by atoms with E-state index in [2.05, 4.69) is 10.3 Å². The van der Waals surface area contributed by atoms with Crippen molar-refractivity contribution in [2.45, 2.75) is 0 Å². The molecule has 0 aliphatic heterocycles. The van der Waals surface area contributed by atoms with Gasteiger partial charge in [-0.25, -0.2) is 0 Å². The Bertz CT molecular complexity index is 666. The van der Waals surface area contributed by atoms with Crippen LogP contribution in [0, 0.1) is 11.3 Å². The number of hydrogen-bond acceptors (Lipinski definition) is 3. The van der Waals surface area contributed by atoms with E-state index in [1.165, 1.54) is 24.4 Å². The van der Waals surface area contributed by atoms with E-state index in [1.807, 2.05) is 6.07 Å². The molecule has 0 fully saturated rings. The van der Waals surface area contributed by atoms with Gasteiger partial charge in [0.15, 0.2) is 5.75 Å². The molecule has 3 N–H and O–H groups in total. The summed E-state index contributed by atoms with van der Waals surface area (Å²) in [5.41, 5.74) is 0.926. The molecular formula is C12H7Cl2N3O2. The van der Waals surface area contributed by atoms with E-state index in [0.29, 0.717) is 11.3 Å². The number of benzene rings is 1. The third-order valence-corrected chi connectivity index (χ3v) is 2.91. The van der Waals surface area contributed by atoms with E-state index < -0.39 is 5.91 Å². The lowest BCUT2D eigenvalue weighted by atomic mass is 10.2. The van der Waals surface area contributed by atoms with Crippen LogP contribution < -0.4 is 5.32 Å². The number of nitrogens with zero attached hydrogens (tertiary/aromatic N) is 1. The summed E-state index contributed by atoms with van der Waals surface area (Å²) in [5, 5.41) is 20.7. The molecule has 0 radical (unpaired) electrons. The van der Waals surface area contributed by atoms with Gasteiger partial charge in [-0.05, 0) is 18.2 Å². The van der Waals surface area contributed by atoms with Crippen LogP contribution in [0.25, 0.3) is 0 Å². The molecule has 1 amide bonds. The first kappa shape index (κ1) is 13.3. The van der Waals surface area contributed by atoms with Gasteiger partial charge in [0.1, 0.15) is 11.8 Å². The fraction of sp³-hybridized carbons (Fsp3) is 0. The van der Waals surface area contributed by atoms with Crippen molar-refractivity contribution in [3.63, 3.8) is 0 Å². The number of aromatic amines is 1. The molecule has 0 aliphatic rings. The molecule has 19 heavy (non-hydrogen) atoms. The summed E-state index contributed by atoms with van der Waals surface area (Å²) in [6.45, 7) is 0. The molecule has 96 valence electrons. The molecule has 0 aliphatic carbocycles. The largest absolute Gasteiger partial charge is 0.505 e. The van der Waals surface area contributed by atoms with Crippen LogP contribution >= 0.6 is 23.2 Å². The maximum Gasteiger partial charge on any atom is 0.272 e. The van der Waals surface area contributed by atoms with Gasteiger partial charge in [-0.2, -0.15) is 5.26 Å². The standard InChI is InChI=1S/C12H7Cl2N3O2/c13-8-2-7(3-9(14)11(8)18)17-12(19)10-1-6(4-15)5-16-10/h1-3,5,16,18H,(H,17,19). The topological polar surface area (TPSA) is 88.9 Å². The van der Waals surface area contributed by atoms with Crippen LogP contribution in [0.2, 0.25) is 10.0 Å². The second kappa shape index (κ2) is 5.22. The van der Waals surface area contributed by atoms with E-state index in [9.17, 15) is 9.90 Å². The third kappa shape index (κ3) is 2.81. The van der Waals surface area contributed by atoms with Gasteiger partial charge in [-0.1, -0.05) is 23.2 Å². The normalized spacial score (nSPS) is 9.95. The van der Waals surface area contributed by atoms with Gasteiger partial charge in [0.05, 0.1) is 15.6 Å².